The fourth-order valence-electron chi connectivity index (χ4n) is 1.47. The molecular formula is C13H19ClN2O2. The van der Waals surface area contributed by atoms with Gasteiger partial charge in [0.2, 0.25) is 5.91 Å². The first kappa shape index (κ1) is 14.8. The minimum Gasteiger partial charge on any atom is -0.383 e. The summed E-state index contributed by atoms with van der Waals surface area (Å²) < 4.78 is 4.87. The zero-order chi connectivity index (χ0) is 13.5. The molecule has 0 spiro atoms. The van der Waals surface area contributed by atoms with Crippen molar-refractivity contribution in [2.75, 3.05) is 25.6 Å². The predicted octanol–water partition coefficient (Wildman–Crippen LogP) is 2.21. The molecule has 0 aromatic heterocycles. The van der Waals surface area contributed by atoms with E-state index in [9.17, 15) is 4.79 Å². The Balaban J connectivity index is 2.53. The summed E-state index contributed by atoms with van der Waals surface area (Å²) in [5.41, 5.74) is 1.85. The van der Waals surface area contributed by atoms with Crippen molar-refractivity contribution in [3.8, 4) is 0 Å². The number of carbonyl (C=O) groups is 1. The first-order chi connectivity index (χ1) is 8.54. The lowest BCUT2D eigenvalue weighted by Gasteiger charge is -2.16. The number of halogens is 1. The normalized spacial score (nSPS) is 12.0. The number of nitrogens with one attached hydrogen (secondary N) is 2. The number of anilines is 1. The molecule has 100 valence electrons. The maximum absolute atomic E-state index is 11.7. The van der Waals surface area contributed by atoms with E-state index in [-0.39, 0.29) is 11.9 Å². The molecule has 0 aliphatic rings. The molecule has 0 saturated heterocycles. The number of methoxy groups -OCH3 is 1. The summed E-state index contributed by atoms with van der Waals surface area (Å²) in [6.07, 6.45) is 0. The Morgan fingerprint density at radius 1 is 1.50 bits per heavy atom. The molecule has 0 saturated carbocycles. The van der Waals surface area contributed by atoms with Gasteiger partial charge in [-0.15, -0.1) is 0 Å². The highest BCUT2D eigenvalue weighted by Gasteiger charge is 2.13. The molecule has 1 aromatic rings. The molecule has 4 nitrogen and oxygen atoms in total. The average molecular weight is 271 g/mol. The van der Waals surface area contributed by atoms with Crippen molar-refractivity contribution < 1.29 is 9.53 Å². The number of ether oxygens (including phenoxy) is 1. The summed E-state index contributed by atoms with van der Waals surface area (Å²) in [7, 11) is 1.60. The number of amides is 1. The van der Waals surface area contributed by atoms with E-state index in [2.05, 4.69) is 10.6 Å². The van der Waals surface area contributed by atoms with E-state index in [0.29, 0.717) is 18.2 Å². The van der Waals surface area contributed by atoms with Gasteiger partial charge >= 0.3 is 0 Å². The molecule has 1 unspecified atom stereocenters. The molecule has 1 atom stereocenters. The highest BCUT2D eigenvalue weighted by atomic mass is 35.5. The summed E-state index contributed by atoms with van der Waals surface area (Å²) >= 11 is 6.09. The molecule has 0 aliphatic heterocycles. The zero-order valence-electron chi connectivity index (χ0n) is 10.9. The molecular weight excluding hydrogens is 252 g/mol. The van der Waals surface area contributed by atoms with Gasteiger partial charge in [0, 0.05) is 13.7 Å². The standard InChI is InChI=1S/C13H19ClN2O2/c1-9-4-5-12(11(14)8-9)16-10(2)13(17)15-6-7-18-3/h4-5,8,10,16H,6-7H2,1-3H3,(H,15,17). The first-order valence-corrected chi connectivity index (χ1v) is 6.21. The third-order valence-corrected chi connectivity index (χ3v) is 2.81. The Labute approximate surface area is 113 Å². The first-order valence-electron chi connectivity index (χ1n) is 5.84. The van der Waals surface area contributed by atoms with Gasteiger partial charge in [0.25, 0.3) is 0 Å². The van der Waals surface area contributed by atoms with Crippen LogP contribution in [0, 0.1) is 6.92 Å². The molecule has 0 bridgehead atoms. The Hall–Kier alpha value is -1.26. The maximum Gasteiger partial charge on any atom is 0.242 e. The SMILES string of the molecule is COCCNC(=O)C(C)Nc1ccc(C)cc1Cl. The van der Waals surface area contributed by atoms with E-state index in [1.54, 1.807) is 14.0 Å². The number of carbonyl (C=O) groups excluding carboxylic acids is 1. The Morgan fingerprint density at radius 2 is 2.22 bits per heavy atom. The number of rotatable bonds is 6. The number of hydrogen-bond donors (Lipinski definition) is 2. The summed E-state index contributed by atoms with van der Waals surface area (Å²) in [6, 6.07) is 5.34. The van der Waals surface area contributed by atoms with Gasteiger partial charge in [-0.3, -0.25) is 4.79 Å². The van der Waals surface area contributed by atoms with Crippen molar-refractivity contribution in [3.63, 3.8) is 0 Å². The summed E-state index contributed by atoms with van der Waals surface area (Å²) in [5, 5.41) is 6.46. The van der Waals surface area contributed by atoms with Gasteiger partial charge in [-0.2, -0.15) is 0 Å². The van der Waals surface area contributed by atoms with E-state index < -0.39 is 0 Å². The van der Waals surface area contributed by atoms with Crippen molar-refractivity contribution >= 4 is 23.2 Å². The van der Waals surface area contributed by atoms with Crippen LogP contribution in [0.3, 0.4) is 0 Å². The van der Waals surface area contributed by atoms with Gasteiger partial charge < -0.3 is 15.4 Å². The van der Waals surface area contributed by atoms with Gasteiger partial charge in [-0.25, -0.2) is 0 Å². The monoisotopic (exact) mass is 270 g/mol. The second kappa shape index (κ2) is 7.24. The van der Waals surface area contributed by atoms with Gasteiger partial charge in [-0.1, -0.05) is 17.7 Å². The minimum absolute atomic E-state index is 0.0799. The molecule has 0 fully saturated rings. The van der Waals surface area contributed by atoms with E-state index in [1.807, 2.05) is 25.1 Å². The summed E-state index contributed by atoms with van der Waals surface area (Å²) in [5.74, 6) is -0.0799. The number of aryl methyl sites for hydroxylation is 1. The second-order valence-electron chi connectivity index (χ2n) is 4.13. The Bertz CT molecular complexity index is 410. The van der Waals surface area contributed by atoms with Crippen LogP contribution >= 0.6 is 11.6 Å². The van der Waals surface area contributed by atoms with Crippen molar-refractivity contribution in [1.82, 2.24) is 5.32 Å². The quantitative estimate of drug-likeness (QED) is 0.780. The van der Waals surface area contributed by atoms with Crippen molar-refractivity contribution in [1.29, 1.82) is 0 Å². The lowest BCUT2D eigenvalue weighted by Crippen LogP contribution is -2.39. The molecule has 0 aliphatic carbocycles. The van der Waals surface area contributed by atoms with Crippen LogP contribution < -0.4 is 10.6 Å². The molecule has 5 heteroatoms. The van der Waals surface area contributed by atoms with Gasteiger partial charge in [0.05, 0.1) is 17.3 Å². The fraction of sp³-hybridized carbons (Fsp3) is 0.462. The molecule has 2 N–H and O–H groups in total. The van der Waals surface area contributed by atoms with Gasteiger partial charge in [0.1, 0.15) is 6.04 Å². The largest absolute Gasteiger partial charge is 0.383 e. The lowest BCUT2D eigenvalue weighted by molar-refractivity contribution is -0.121. The molecule has 0 radical (unpaired) electrons. The average Bonchev–Trinajstić information content (AvgIpc) is 2.32. The number of hydrogen-bond acceptors (Lipinski definition) is 3. The predicted molar refractivity (Wildman–Crippen MR) is 74.2 cm³/mol. The van der Waals surface area contributed by atoms with Crippen LogP contribution in [-0.4, -0.2) is 32.2 Å². The van der Waals surface area contributed by atoms with Crippen molar-refractivity contribution in [2.45, 2.75) is 19.9 Å². The third-order valence-electron chi connectivity index (χ3n) is 2.50. The minimum atomic E-state index is -0.345. The highest BCUT2D eigenvalue weighted by Crippen LogP contribution is 2.23. The van der Waals surface area contributed by atoms with Crippen LogP contribution in [0.2, 0.25) is 5.02 Å². The topological polar surface area (TPSA) is 50.4 Å². The summed E-state index contributed by atoms with van der Waals surface area (Å²) in [4.78, 5) is 11.7. The highest BCUT2D eigenvalue weighted by molar-refractivity contribution is 6.33. The van der Waals surface area contributed by atoms with Crippen molar-refractivity contribution in [3.05, 3.63) is 28.8 Å². The Kier molecular flexibility index (Phi) is 5.95. The van der Waals surface area contributed by atoms with Gasteiger partial charge in [0.15, 0.2) is 0 Å². The van der Waals surface area contributed by atoms with Crippen LogP contribution in [0.15, 0.2) is 18.2 Å². The van der Waals surface area contributed by atoms with Crippen LogP contribution in [0.25, 0.3) is 0 Å². The second-order valence-corrected chi connectivity index (χ2v) is 4.54. The van der Waals surface area contributed by atoms with E-state index in [0.717, 1.165) is 11.3 Å². The number of benzene rings is 1. The van der Waals surface area contributed by atoms with E-state index in [4.69, 9.17) is 16.3 Å². The van der Waals surface area contributed by atoms with E-state index >= 15 is 0 Å². The Morgan fingerprint density at radius 3 is 2.83 bits per heavy atom. The molecule has 0 heterocycles. The van der Waals surface area contributed by atoms with Crippen LogP contribution in [0.4, 0.5) is 5.69 Å². The smallest absolute Gasteiger partial charge is 0.242 e. The summed E-state index contributed by atoms with van der Waals surface area (Å²) in [6.45, 7) is 4.77. The zero-order valence-corrected chi connectivity index (χ0v) is 11.7. The van der Waals surface area contributed by atoms with Crippen LogP contribution in [0.5, 0.6) is 0 Å². The van der Waals surface area contributed by atoms with Crippen LogP contribution in [-0.2, 0) is 9.53 Å². The molecule has 18 heavy (non-hydrogen) atoms. The third kappa shape index (κ3) is 4.55. The van der Waals surface area contributed by atoms with Crippen molar-refractivity contribution in [2.24, 2.45) is 0 Å². The maximum atomic E-state index is 11.7. The fourth-order valence-corrected chi connectivity index (χ4v) is 1.76. The molecule has 1 amide bonds. The lowest BCUT2D eigenvalue weighted by atomic mass is 10.2. The van der Waals surface area contributed by atoms with Crippen LogP contribution in [0.1, 0.15) is 12.5 Å². The van der Waals surface area contributed by atoms with E-state index in [1.165, 1.54) is 0 Å². The molecule has 1 aromatic carbocycles. The van der Waals surface area contributed by atoms with Gasteiger partial charge in [-0.05, 0) is 31.5 Å². The molecule has 1 rings (SSSR count).